The first-order valence-corrected chi connectivity index (χ1v) is 12.8. The standard InChI is InChI=1S/C21H32N4O5S/c1-14(2)31(27,28)24-17-4-3-11-25-18(17)12-29-16-7-5-15(6-8-16)20-21(23-10-9-22-20)30-13-19(25)26/h9-10,14-18,24H,3-8,11-13H2,1-2H3/t15?,16?,17-,18-/m0/s1. The maximum Gasteiger partial charge on any atom is 0.260 e. The van der Waals surface area contributed by atoms with Crippen LogP contribution in [0.2, 0.25) is 0 Å². The monoisotopic (exact) mass is 452 g/mol. The van der Waals surface area contributed by atoms with Gasteiger partial charge in [-0.1, -0.05) is 0 Å². The zero-order valence-electron chi connectivity index (χ0n) is 18.2. The van der Waals surface area contributed by atoms with Crippen LogP contribution in [0.1, 0.15) is 64.0 Å². The predicted molar refractivity (Wildman–Crippen MR) is 114 cm³/mol. The highest BCUT2D eigenvalue weighted by Crippen LogP contribution is 2.37. The summed E-state index contributed by atoms with van der Waals surface area (Å²) < 4.78 is 40.0. The minimum absolute atomic E-state index is 0.0966. The summed E-state index contributed by atoms with van der Waals surface area (Å²) in [7, 11) is -3.47. The van der Waals surface area contributed by atoms with Crippen molar-refractivity contribution in [3.05, 3.63) is 18.1 Å². The number of carbonyl (C=O) groups excluding carboxylic acids is 1. The van der Waals surface area contributed by atoms with Crippen molar-refractivity contribution in [2.75, 3.05) is 19.8 Å². The van der Waals surface area contributed by atoms with Gasteiger partial charge in [0, 0.05) is 30.9 Å². The molecule has 1 saturated heterocycles. The van der Waals surface area contributed by atoms with Gasteiger partial charge in [0.05, 0.1) is 24.0 Å². The molecule has 10 heteroatoms. The first-order chi connectivity index (χ1) is 14.8. The summed E-state index contributed by atoms with van der Waals surface area (Å²) in [6.07, 6.45) is 8.36. The first kappa shape index (κ1) is 22.4. The van der Waals surface area contributed by atoms with E-state index >= 15 is 0 Å². The average Bonchev–Trinajstić information content (AvgIpc) is 2.77. The molecule has 1 saturated carbocycles. The number of carbonyl (C=O) groups is 1. The molecule has 1 amide bonds. The lowest BCUT2D eigenvalue weighted by atomic mass is 9.85. The highest BCUT2D eigenvalue weighted by atomic mass is 32.2. The Bertz CT molecular complexity index is 886. The Balaban J connectivity index is 1.60. The fourth-order valence-electron chi connectivity index (χ4n) is 4.74. The second-order valence-corrected chi connectivity index (χ2v) is 11.2. The van der Waals surface area contributed by atoms with Crippen molar-refractivity contribution in [1.29, 1.82) is 0 Å². The fraction of sp³-hybridized carbons (Fsp3) is 0.762. The largest absolute Gasteiger partial charge is 0.466 e. The van der Waals surface area contributed by atoms with Crippen LogP contribution < -0.4 is 9.46 Å². The number of nitrogens with one attached hydrogen (secondary N) is 1. The number of sulfonamides is 1. The van der Waals surface area contributed by atoms with E-state index in [-0.39, 0.29) is 36.6 Å². The number of rotatable bonds is 3. The number of fused-ring (bicyclic) bond motifs is 5. The van der Waals surface area contributed by atoms with E-state index < -0.39 is 15.3 Å². The minimum Gasteiger partial charge on any atom is -0.466 e. The normalized spacial score (nSPS) is 29.9. The number of amides is 1. The van der Waals surface area contributed by atoms with Crippen molar-refractivity contribution in [1.82, 2.24) is 19.6 Å². The zero-order chi connectivity index (χ0) is 22.0. The third-order valence-electron chi connectivity index (χ3n) is 6.62. The number of hydrogen-bond donors (Lipinski definition) is 1. The van der Waals surface area contributed by atoms with Gasteiger partial charge in [0.25, 0.3) is 5.91 Å². The number of piperidine rings is 1. The zero-order valence-corrected chi connectivity index (χ0v) is 19.0. The predicted octanol–water partition coefficient (Wildman–Crippen LogP) is 1.60. The van der Waals surface area contributed by atoms with Crippen molar-refractivity contribution in [3.8, 4) is 5.88 Å². The minimum atomic E-state index is -3.47. The third kappa shape index (κ3) is 5.01. The maximum absolute atomic E-state index is 13.1. The summed E-state index contributed by atoms with van der Waals surface area (Å²) in [5, 5.41) is -0.539. The van der Waals surface area contributed by atoms with Crippen LogP contribution in [0.4, 0.5) is 0 Å². The van der Waals surface area contributed by atoms with Gasteiger partial charge in [-0.15, -0.1) is 0 Å². The molecule has 0 spiro atoms. The first-order valence-electron chi connectivity index (χ1n) is 11.2. The molecular weight excluding hydrogens is 420 g/mol. The molecule has 2 fully saturated rings. The number of ether oxygens (including phenoxy) is 2. The third-order valence-corrected chi connectivity index (χ3v) is 8.50. The second kappa shape index (κ2) is 9.38. The quantitative estimate of drug-likeness (QED) is 0.741. The molecule has 0 radical (unpaired) electrons. The van der Waals surface area contributed by atoms with Crippen molar-refractivity contribution >= 4 is 15.9 Å². The van der Waals surface area contributed by atoms with Gasteiger partial charge < -0.3 is 14.4 Å². The highest BCUT2D eigenvalue weighted by Gasteiger charge is 2.39. The van der Waals surface area contributed by atoms with E-state index in [1.807, 2.05) is 0 Å². The molecule has 1 aromatic heterocycles. The van der Waals surface area contributed by atoms with Gasteiger partial charge in [0.1, 0.15) is 5.69 Å². The molecule has 3 aliphatic heterocycles. The van der Waals surface area contributed by atoms with Crippen LogP contribution in [-0.2, 0) is 19.6 Å². The van der Waals surface area contributed by atoms with Crippen molar-refractivity contribution < 1.29 is 22.7 Å². The second-order valence-electron chi connectivity index (χ2n) is 8.96. The topological polar surface area (TPSA) is 111 Å². The molecule has 2 atom stereocenters. The van der Waals surface area contributed by atoms with E-state index in [0.29, 0.717) is 25.5 Å². The Morgan fingerprint density at radius 3 is 2.61 bits per heavy atom. The molecule has 31 heavy (non-hydrogen) atoms. The summed E-state index contributed by atoms with van der Waals surface area (Å²) in [5.41, 5.74) is 0.811. The molecule has 4 aliphatic rings. The Morgan fingerprint density at radius 2 is 1.87 bits per heavy atom. The fourth-order valence-corrected chi connectivity index (χ4v) is 5.70. The molecular formula is C21H32N4O5S. The summed E-state index contributed by atoms with van der Waals surface area (Å²) in [5.74, 6) is 0.475. The highest BCUT2D eigenvalue weighted by molar-refractivity contribution is 7.90. The summed E-state index contributed by atoms with van der Waals surface area (Å²) in [6.45, 7) is 4.02. The van der Waals surface area contributed by atoms with E-state index in [2.05, 4.69) is 14.7 Å². The number of nitrogens with zero attached hydrogens (tertiary/aromatic N) is 3. The average molecular weight is 453 g/mol. The van der Waals surface area contributed by atoms with Gasteiger partial charge in [-0.05, 0) is 52.4 Å². The molecule has 1 N–H and O–H groups in total. The summed E-state index contributed by atoms with van der Waals surface area (Å²) >= 11 is 0. The van der Waals surface area contributed by atoms with Gasteiger partial charge in [-0.25, -0.2) is 18.1 Å². The summed E-state index contributed by atoms with van der Waals surface area (Å²) in [4.78, 5) is 23.6. The van der Waals surface area contributed by atoms with Crippen LogP contribution in [0.5, 0.6) is 5.88 Å². The molecule has 9 nitrogen and oxygen atoms in total. The van der Waals surface area contributed by atoms with Crippen LogP contribution in [0, 0.1) is 0 Å². The van der Waals surface area contributed by atoms with Crippen molar-refractivity contribution in [2.24, 2.45) is 0 Å². The van der Waals surface area contributed by atoms with E-state index in [0.717, 1.165) is 37.8 Å². The van der Waals surface area contributed by atoms with Crippen LogP contribution >= 0.6 is 0 Å². The van der Waals surface area contributed by atoms with E-state index in [4.69, 9.17) is 9.47 Å². The van der Waals surface area contributed by atoms with Crippen molar-refractivity contribution in [2.45, 2.75) is 81.7 Å². The molecule has 0 unspecified atom stereocenters. The van der Waals surface area contributed by atoms with Gasteiger partial charge >= 0.3 is 0 Å². The Labute approximate surface area is 184 Å². The maximum atomic E-state index is 13.1. The molecule has 4 heterocycles. The van der Waals surface area contributed by atoms with Crippen LogP contribution in [0.15, 0.2) is 12.4 Å². The van der Waals surface area contributed by atoms with Gasteiger partial charge in [0.15, 0.2) is 6.61 Å². The lowest BCUT2D eigenvalue weighted by molar-refractivity contribution is -0.140. The van der Waals surface area contributed by atoms with Gasteiger partial charge in [-0.3, -0.25) is 9.78 Å². The van der Waals surface area contributed by atoms with Crippen LogP contribution in [0.25, 0.3) is 0 Å². The smallest absolute Gasteiger partial charge is 0.260 e. The molecule has 5 rings (SSSR count). The number of hydrogen-bond acceptors (Lipinski definition) is 7. The lowest BCUT2D eigenvalue weighted by Gasteiger charge is -2.42. The Morgan fingerprint density at radius 1 is 1.13 bits per heavy atom. The lowest BCUT2D eigenvalue weighted by Crippen LogP contribution is -2.60. The van der Waals surface area contributed by atoms with E-state index in [9.17, 15) is 13.2 Å². The molecule has 1 aromatic rings. The van der Waals surface area contributed by atoms with Gasteiger partial charge in [0.2, 0.25) is 15.9 Å². The SMILES string of the molecule is CC(C)S(=O)(=O)N[C@H]1CCCN2C(=O)COc3nccnc3C3CCC(CC3)OC[C@@H]12. The van der Waals surface area contributed by atoms with E-state index in [1.165, 1.54) is 0 Å². The summed E-state index contributed by atoms with van der Waals surface area (Å²) in [6, 6.07) is -0.739. The van der Waals surface area contributed by atoms with E-state index in [1.54, 1.807) is 31.1 Å². The number of aromatic nitrogens is 2. The molecule has 172 valence electrons. The van der Waals surface area contributed by atoms with Crippen LogP contribution in [-0.4, -0.2) is 72.4 Å². The van der Waals surface area contributed by atoms with Crippen LogP contribution in [0.3, 0.4) is 0 Å². The Hall–Kier alpha value is -1.78. The van der Waals surface area contributed by atoms with Gasteiger partial charge in [-0.2, -0.15) is 0 Å². The molecule has 0 aromatic carbocycles. The van der Waals surface area contributed by atoms with Crippen molar-refractivity contribution in [3.63, 3.8) is 0 Å². The molecule has 2 bridgehead atoms. The Kier molecular flexibility index (Phi) is 6.78. The molecule has 1 aliphatic carbocycles.